The Morgan fingerprint density at radius 2 is 1.85 bits per heavy atom. The first-order valence-electron chi connectivity index (χ1n) is 9.36. The van der Waals surface area contributed by atoms with Crippen molar-refractivity contribution < 1.29 is 14.0 Å². The van der Waals surface area contributed by atoms with Gasteiger partial charge in [-0.25, -0.2) is 4.39 Å². The third-order valence-corrected chi connectivity index (χ3v) is 5.02. The van der Waals surface area contributed by atoms with Crippen LogP contribution in [-0.2, 0) is 4.79 Å². The van der Waals surface area contributed by atoms with E-state index < -0.39 is 5.82 Å². The molecule has 1 heterocycles. The highest BCUT2D eigenvalue weighted by molar-refractivity contribution is 6.31. The van der Waals surface area contributed by atoms with Crippen molar-refractivity contribution in [1.82, 2.24) is 4.90 Å². The van der Waals surface area contributed by atoms with Gasteiger partial charge in [0.1, 0.15) is 11.6 Å². The number of likely N-dealkylation sites (tertiary alicyclic amines) is 1. The average Bonchev–Trinajstić information content (AvgIpc) is 2.51. The lowest BCUT2D eigenvalue weighted by Gasteiger charge is -2.32. The van der Waals surface area contributed by atoms with Crippen LogP contribution in [-0.4, -0.2) is 36.1 Å². The normalized spacial score (nSPS) is 16.7. The van der Waals surface area contributed by atoms with Gasteiger partial charge in [-0.05, 0) is 61.9 Å². The summed E-state index contributed by atoms with van der Waals surface area (Å²) >= 11 is 5.82. The van der Waals surface area contributed by atoms with E-state index in [0.717, 1.165) is 32.4 Å². The highest BCUT2D eigenvalue weighted by Gasteiger charge is 2.23. The minimum Gasteiger partial charge on any atom is -0.298 e. The second-order valence-electron chi connectivity index (χ2n) is 8.62. The zero-order valence-corrected chi connectivity index (χ0v) is 16.7. The lowest BCUT2D eigenvalue weighted by molar-refractivity contribution is -0.122. The van der Waals surface area contributed by atoms with Crippen molar-refractivity contribution in [3.63, 3.8) is 0 Å². The zero-order chi connectivity index (χ0) is 19.3. The number of carbonyl (C=O) groups excluding carboxylic acids is 2. The monoisotopic (exact) mass is 381 g/mol. The standard InChI is InChI=1S/C21H29ClFNO2/c1-21(2,3)13-19(25)14-24-8-6-15(7-9-24)4-5-20(26)16-10-17(22)12-18(23)11-16/h10-12,15H,4-9,13-14H2,1-3H3. The Bertz CT molecular complexity index is 626. The molecule has 0 spiro atoms. The molecule has 2 rings (SSSR count). The van der Waals surface area contributed by atoms with E-state index in [0.29, 0.717) is 36.7 Å². The van der Waals surface area contributed by atoms with Crippen LogP contribution < -0.4 is 0 Å². The van der Waals surface area contributed by atoms with E-state index in [9.17, 15) is 14.0 Å². The summed E-state index contributed by atoms with van der Waals surface area (Å²) < 4.78 is 13.4. The van der Waals surface area contributed by atoms with Gasteiger partial charge in [0.25, 0.3) is 0 Å². The molecule has 0 bridgehead atoms. The van der Waals surface area contributed by atoms with Gasteiger partial charge in [0.15, 0.2) is 5.78 Å². The molecule has 0 aromatic heterocycles. The molecule has 1 aliphatic heterocycles. The fraction of sp³-hybridized carbons (Fsp3) is 0.619. The maximum atomic E-state index is 13.4. The number of hydrogen-bond donors (Lipinski definition) is 0. The molecule has 3 nitrogen and oxygen atoms in total. The van der Waals surface area contributed by atoms with E-state index in [4.69, 9.17) is 11.6 Å². The third-order valence-electron chi connectivity index (χ3n) is 4.80. The van der Waals surface area contributed by atoms with Gasteiger partial charge in [0, 0.05) is 23.4 Å². The average molecular weight is 382 g/mol. The molecule has 1 aromatic carbocycles. The Morgan fingerprint density at radius 1 is 1.19 bits per heavy atom. The minimum atomic E-state index is -0.478. The summed E-state index contributed by atoms with van der Waals surface area (Å²) in [6.45, 7) is 8.59. The molecule has 1 fully saturated rings. The zero-order valence-electron chi connectivity index (χ0n) is 16.0. The minimum absolute atomic E-state index is 0.0373. The van der Waals surface area contributed by atoms with Gasteiger partial charge in [-0.15, -0.1) is 0 Å². The van der Waals surface area contributed by atoms with Crippen LogP contribution >= 0.6 is 11.6 Å². The first-order valence-corrected chi connectivity index (χ1v) is 9.73. The van der Waals surface area contributed by atoms with Crippen LogP contribution in [0, 0.1) is 17.2 Å². The largest absolute Gasteiger partial charge is 0.298 e. The van der Waals surface area contributed by atoms with Gasteiger partial charge in [-0.1, -0.05) is 32.4 Å². The van der Waals surface area contributed by atoms with Gasteiger partial charge in [-0.2, -0.15) is 0 Å². The van der Waals surface area contributed by atoms with Gasteiger partial charge >= 0.3 is 0 Å². The van der Waals surface area contributed by atoms with Crippen molar-refractivity contribution in [3.8, 4) is 0 Å². The predicted octanol–water partition coefficient (Wildman–Crippen LogP) is 5.16. The van der Waals surface area contributed by atoms with Crippen molar-refractivity contribution in [3.05, 3.63) is 34.6 Å². The summed E-state index contributed by atoms with van der Waals surface area (Å²) in [5, 5.41) is 0.251. The fourth-order valence-corrected chi connectivity index (χ4v) is 3.75. The molecule has 1 aromatic rings. The second-order valence-corrected chi connectivity index (χ2v) is 9.05. The second kappa shape index (κ2) is 9.09. The number of Topliss-reactive ketones (excluding diaryl/α,β-unsaturated/α-hetero) is 2. The van der Waals surface area contributed by atoms with Gasteiger partial charge in [0.05, 0.1) is 6.54 Å². The van der Waals surface area contributed by atoms with E-state index in [1.807, 2.05) is 0 Å². The van der Waals surface area contributed by atoms with Crippen molar-refractivity contribution in [2.75, 3.05) is 19.6 Å². The van der Waals surface area contributed by atoms with Crippen molar-refractivity contribution >= 4 is 23.2 Å². The quantitative estimate of drug-likeness (QED) is 0.612. The maximum Gasteiger partial charge on any atom is 0.163 e. The van der Waals surface area contributed by atoms with Crippen LogP contribution in [0.15, 0.2) is 18.2 Å². The summed E-state index contributed by atoms with van der Waals surface area (Å²) in [5.41, 5.74) is 0.385. The molecule has 1 saturated heterocycles. The summed E-state index contributed by atoms with van der Waals surface area (Å²) in [7, 11) is 0. The molecule has 0 amide bonds. The smallest absolute Gasteiger partial charge is 0.163 e. The molecule has 26 heavy (non-hydrogen) atoms. The van der Waals surface area contributed by atoms with E-state index >= 15 is 0 Å². The Balaban J connectivity index is 1.73. The van der Waals surface area contributed by atoms with E-state index in [1.165, 1.54) is 18.2 Å². The van der Waals surface area contributed by atoms with E-state index in [1.54, 1.807) is 0 Å². The highest BCUT2D eigenvalue weighted by atomic mass is 35.5. The summed E-state index contributed by atoms with van der Waals surface area (Å²) in [6, 6.07) is 3.98. The summed E-state index contributed by atoms with van der Waals surface area (Å²) in [5.74, 6) is 0.245. The first-order chi connectivity index (χ1) is 12.1. The van der Waals surface area contributed by atoms with Gasteiger partial charge in [-0.3, -0.25) is 14.5 Å². The SMILES string of the molecule is CC(C)(C)CC(=O)CN1CCC(CCC(=O)c2cc(F)cc(Cl)c2)CC1. The van der Waals surface area contributed by atoms with Crippen molar-refractivity contribution in [2.24, 2.45) is 11.3 Å². The topological polar surface area (TPSA) is 37.4 Å². The number of carbonyl (C=O) groups is 2. The summed E-state index contributed by atoms with van der Waals surface area (Å²) in [6.07, 6.45) is 3.82. The number of halogens is 2. The molecule has 0 aliphatic carbocycles. The lowest BCUT2D eigenvalue weighted by atomic mass is 9.88. The number of ketones is 2. The highest BCUT2D eigenvalue weighted by Crippen LogP contribution is 2.25. The Hall–Kier alpha value is -1.26. The predicted molar refractivity (Wildman–Crippen MR) is 103 cm³/mol. The molecule has 0 radical (unpaired) electrons. The van der Waals surface area contributed by atoms with E-state index in [-0.39, 0.29) is 16.2 Å². The van der Waals surface area contributed by atoms with Crippen LogP contribution in [0.3, 0.4) is 0 Å². The third kappa shape index (κ3) is 7.16. The van der Waals surface area contributed by atoms with Crippen LogP contribution in [0.25, 0.3) is 0 Å². The Kier molecular flexibility index (Phi) is 7.36. The molecule has 0 atom stereocenters. The molecular formula is C21H29ClFNO2. The van der Waals surface area contributed by atoms with Crippen LogP contribution in [0.4, 0.5) is 4.39 Å². The van der Waals surface area contributed by atoms with Crippen LogP contribution in [0.1, 0.15) is 63.2 Å². The van der Waals surface area contributed by atoms with Crippen LogP contribution in [0.5, 0.6) is 0 Å². The van der Waals surface area contributed by atoms with Gasteiger partial charge < -0.3 is 0 Å². The first kappa shape index (κ1) is 21.0. The Labute approximate surface area is 160 Å². The number of piperidine rings is 1. The number of rotatable bonds is 7. The molecule has 0 N–H and O–H groups in total. The molecule has 5 heteroatoms. The van der Waals surface area contributed by atoms with E-state index in [2.05, 4.69) is 25.7 Å². The summed E-state index contributed by atoms with van der Waals surface area (Å²) in [4.78, 5) is 26.6. The maximum absolute atomic E-state index is 13.4. The molecule has 0 saturated carbocycles. The van der Waals surface area contributed by atoms with Crippen LogP contribution in [0.2, 0.25) is 5.02 Å². The van der Waals surface area contributed by atoms with Crippen molar-refractivity contribution in [2.45, 2.75) is 52.9 Å². The van der Waals surface area contributed by atoms with Gasteiger partial charge in [0.2, 0.25) is 0 Å². The fourth-order valence-electron chi connectivity index (χ4n) is 3.52. The Morgan fingerprint density at radius 3 is 2.42 bits per heavy atom. The molecule has 1 aliphatic rings. The van der Waals surface area contributed by atoms with Crippen molar-refractivity contribution in [1.29, 1.82) is 0 Å². The number of nitrogens with zero attached hydrogens (tertiary/aromatic N) is 1. The molecule has 0 unspecified atom stereocenters. The number of benzene rings is 1. The lowest BCUT2D eigenvalue weighted by Crippen LogP contribution is -2.38. The number of hydrogen-bond acceptors (Lipinski definition) is 3. The molecular weight excluding hydrogens is 353 g/mol. The molecule has 144 valence electrons.